The molecule has 0 fully saturated rings. The molecule has 0 saturated carbocycles. The van der Waals surface area contributed by atoms with Crippen LogP contribution in [-0.4, -0.2) is 12.1 Å². The zero-order chi connectivity index (χ0) is 22.5. The van der Waals surface area contributed by atoms with E-state index < -0.39 is 0 Å². The number of carbonyl (C=O) groups is 1. The fourth-order valence-electron chi connectivity index (χ4n) is 3.58. The molecule has 32 heavy (non-hydrogen) atoms. The van der Waals surface area contributed by atoms with Crippen LogP contribution < -0.4 is 10.2 Å². The Kier molecular flexibility index (Phi) is 6.52. The topological polar surface area (TPSA) is 50.7 Å². The van der Waals surface area contributed by atoms with Crippen LogP contribution in [0.2, 0.25) is 5.02 Å². The Morgan fingerprint density at radius 2 is 1.62 bits per heavy atom. The Balaban J connectivity index is 1.41. The normalized spacial score (nSPS) is 11.1. The molecule has 0 aliphatic rings. The van der Waals surface area contributed by atoms with E-state index in [1.807, 2.05) is 86.6 Å². The van der Waals surface area contributed by atoms with Gasteiger partial charge in [0.1, 0.15) is 12.4 Å². The number of nitrogens with zero attached hydrogens (tertiary/aromatic N) is 1. The van der Waals surface area contributed by atoms with E-state index in [1.165, 1.54) is 0 Å². The minimum Gasteiger partial charge on any atom is -0.488 e. The van der Waals surface area contributed by atoms with E-state index in [0.717, 1.165) is 38.8 Å². The monoisotopic (exact) mass is 442 g/mol. The van der Waals surface area contributed by atoms with Gasteiger partial charge >= 0.3 is 0 Å². The van der Waals surface area contributed by atoms with Crippen LogP contribution in [0.5, 0.6) is 5.75 Å². The van der Waals surface area contributed by atoms with Gasteiger partial charge in [0.2, 0.25) is 0 Å². The van der Waals surface area contributed by atoms with Crippen molar-refractivity contribution in [2.45, 2.75) is 20.5 Å². The molecule has 160 valence electrons. The number of ether oxygens (including phenoxy) is 1. The van der Waals surface area contributed by atoms with Crippen LogP contribution in [0.15, 0.2) is 84.0 Å². The molecule has 0 aliphatic carbocycles. The first-order valence-corrected chi connectivity index (χ1v) is 10.7. The van der Waals surface area contributed by atoms with Crippen molar-refractivity contribution >= 4 is 34.5 Å². The van der Waals surface area contributed by atoms with E-state index >= 15 is 0 Å². The standard InChI is InChI=1S/C27H23ClN2O2/c1-18-13-21(14-19(2)26(18)32-17-20-7-11-25(28)12-8-20)16-29-30-27(31)24-10-9-22-5-3-4-6-23(22)15-24/h3-16H,17H2,1-2H3,(H,30,31)/b29-16-. The van der Waals surface area contributed by atoms with Gasteiger partial charge in [0.05, 0.1) is 6.21 Å². The SMILES string of the molecule is Cc1cc(/C=N\NC(=O)c2ccc3ccccc3c2)cc(C)c1OCc1ccc(Cl)cc1. The average molecular weight is 443 g/mol. The van der Waals surface area contributed by atoms with Gasteiger partial charge in [-0.05, 0) is 83.3 Å². The quantitative estimate of drug-likeness (QED) is 0.275. The third kappa shape index (κ3) is 5.16. The zero-order valence-corrected chi connectivity index (χ0v) is 18.7. The first kappa shape index (κ1) is 21.6. The van der Waals surface area contributed by atoms with E-state index in [4.69, 9.17) is 16.3 Å². The van der Waals surface area contributed by atoms with Gasteiger partial charge in [0.15, 0.2) is 0 Å². The maximum Gasteiger partial charge on any atom is 0.271 e. The molecule has 1 amide bonds. The summed E-state index contributed by atoms with van der Waals surface area (Å²) in [6.45, 7) is 4.46. The molecule has 4 rings (SSSR count). The number of hydrogen-bond acceptors (Lipinski definition) is 3. The number of halogens is 1. The lowest BCUT2D eigenvalue weighted by Gasteiger charge is -2.13. The van der Waals surface area contributed by atoms with E-state index in [1.54, 1.807) is 12.3 Å². The third-order valence-electron chi connectivity index (χ3n) is 5.17. The lowest BCUT2D eigenvalue weighted by molar-refractivity contribution is 0.0955. The highest BCUT2D eigenvalue weighted by Gasteiger charge is 2.08. The summed E-state index contributed by atoms with van der Waals surface area (Å²) in [4.78, 5) is 12.5. The fourth-order valence-corrected chi connectivity index (χ4v) is 3.71. The summed E-state index contributed by atoms with van der Waals surface area (Å²) in [5.74, 6) is 0.598. The van der Waals surface area contributed by atoms with E-state index in [-0.39, 0.29) is 5.91 Å². The smallest absolute Gasteiger partial charge is 0.271 e. The molecule has 5 heteroatoms. The second-order valence-electron chi connectivity index (χ2n) is 7.66. The van der Waals surface area contributed by atoms with Crippen LogP contribution in [0, 0.1) is 13.8 Å². The van der Waals surface area contributed by atoms with Crippen LogP contribution in [0.3, 0.4) is 0 Å². The van der Waals surface area contributed by atoms with Crippen molar-refractivity contribution in [2.75, 3.05) is 0 Å². The number of benzene rings is 4. The molecule has 4 nitrogen and oxygen atoms in total. The molecular weight excluding hydrogens is 420 g/mol. The van der Waals surface area contributed by atoms with Gasteiger partial charge < -0.3 is 4.74 Å². The molecule has 0 atom stereocenters. The molecule has 0 spiro atoms. The summed E-state index contributed by atoms with van der Waals surface area (Å²) in [6, 6.07) is 25.1. The number of aryl methyl sites for hydroxylation is 2. The van der Waals surface area contributed by atoms with Gasteiger partial charge in [-0.3, -0.25) is 4.79 Å². The summed E-state index contributed by atoms with van der Waals surface area (Å²) in [5.41, 5.74) is 7.11. The van der Waals surface area contributed by atoms with Gasteiger partial charge in [-0.1, -0.05) is 54.1 Å². The second kappa shape index (κ2) is 9.67. The van der Waals surface area contributed by atoms with E-state index in [9.17, 15) is 4.79 Å². The number of carbonyl (C=O) groups excluding carboxylic acids is 1. The summed E-state index contributed by atoms with van der Waals surface area (Å²) >= 11 is 5.94. The predicted molar refractivity (Wildman–Crippen MR) is 131 cm³/mol. The molecule has 0 saturated heterocycles. The number of amides is 1. The Morgan fingerprint density at radius 3 is 2.34 bits per heavy atom. The van der Waals surface area contributed by atoms with Gasteiger partial charge in [-0.2, -0.15) is 5.10 Å². The largest absolute Gasteiger partial charge is 0.488 e. The van der Waals surface area contributed by atoms with Crippen molar-refractivity contribution in [3.8, 4) is 5.75 Å². The van der Waals surface area contributed by atoms with Gasteiger partial charge in [-0.15, -0.1) is 0 Å². The van der Waals surface area contributed by atoms with Crippen molar-refractivity contribution in [3.63, 3.8) is 0 Å². The Morgan fingerprint density at radius 1 is 0.938 bits per heavy atom. The summed E-state index contributed by atoms with van der Waals surface area (Å²) in [7, 11) is 0. The molecule has 4 aromatic rings. The number of hydrazone groups is 1. The molecule has 4 aromatic carbocycles. The van der Waals surface area contributed by atoms with Crippen LogP contribution in [0.1, 0.15) is 32.6 Å². The Bertz CT molecular complexity index is 1270. The lowest BCUT2D eigenvalue weighted by Crippen LogP contribution is -2.17. The van der Waals surface area contributed by atoms with E-state index in [0.29, 0.717) is 17.2 Å². The Hall–Kier alpha value is -3.63. The minimum absolute atomic E-state index is 0.247. The molecule has 1 N–H and O–H groups in total. The van der Waals surface area contributed by atoms with Crippen LogP contribution >= 0.6 is 11.6 Å². The molecule has 0 aliphatic heterocycles. The maximum absolute atomic E-state index is 12.5. The molecule has 0 unspecified atom stereocenters. The van der Waals surface area contributed by atoms with Crippen molar-refractivity contribution < 1.29 is 9.53 Å². The maximum atomic E-state index is 12.5. The average Bonchev–Trinajstić information content (AvgIpc) is 2.79. The first-order chi connectivity index (χ1) is 15.5. The number of hydrogen-bond donors (Lipinski definition) is 1. The zero-order valence-electron chi connectivity index (χ0n) is 17.9. The first-order valence-electron chi connectivity index (χ1n) is 10.3. The highest BCUT2D eigenvalue weighted by Crippen LogP contribution is 2.25. The van der Waals surface area contributed by atoms with Crippen molar-refractivity contribution in [1.29, 1.82) is 0 Å². The van der Waals surface area contributed by atoms with Gasteiger partial charge in [0, 0.05) is 10.6 Å². The lowest BCUT2D eigenvalue weighted by atomic mass is 10.1. The van der Waals surface area contributed by atoms with Gasteiger partial charge in [0.25, 0.3) is 5.91 Å². The predicted octanol–water partition coefficient (Wildman–Crippen LogP) is 6.45. The summed E-state index contributed by atoms with van der Waals surface area (Å²) in [6.07, 6.45) is 1.64. The molecule has 0 bridgehead atoms. The highest BCUT2D eigenvalue weighted by atomic mass is 35.5. The van der Waals surface area contributed by atoms with Crippen molar-refractivity contribution in [3.05, 3.63) is 112 Å². The Labute approximate surface area is 192 Å². The highest BCUT2D eigenvalue weighted by molar-refractivity contribution is 6.30. The third-order valence-corrected chi connectivity index (χ3v) is 5.42. The fraction of sp³-hybridized carbons (Fsp3) is 0.111. The van der Waals surface area contributed by atoms with Crippen LogP contribution in [-0.2, 0) is 6.61 Å². The number of fused-ring (bicyclic) bond motifs is 1. The number of rotatable bonds is 6. The van der Waals surface area contributed by atoms with Crippen LogP contribution in [0.25, 0.3) is 10.8 Å². The molecule has 0 aromatic heterocycles. The van der Waals surface area contributed by atoms with Gasteiger partial charge in [-0.25, -0.2) is 5.43 Å². The molecule has 0 heterocycles. The van der Waals surface area contributed by atoms with Crippen LogP contribution in [0.4, 0.5) is 0 Å². The summed E-state index contributed by atoms with van der Waals surface area (Å²) < 4.78 is 6.03. The summed E-state index contributed by atoms with van der Waals surface area (Å²) in [5, 5.41) is 6.95. The van der Waals surface area contributed by atoms with Crippen molar-refractivity contribution in [1.82, 2.24) is 5.43 Å². The molecular formula is C27H23ClN2O2. The number of nitrogens with one attached hydrogen (secondary N) is 1. The second-order valence-corrected chi connectivity index (χ2v) is 8.10. The molecule has 0 radical (unpaired) electrons. The van der Waals surface area contributed by atoms with Crippen molar-refractivity contribution in [2.24, 2.45) is 5.10 Å². The minimum atomic E-state index is -0.247. The van der Waals surface area contributed by atoms with E-state index in [2.05, 4.69) is 10.5 Å².